The summed E-state index contributed by atoms with van der Waals surface area (Å²) in [6, 6.07) is 32.9. The van der Waals surface area contributed by atoms with Crippen LogP contribution in [0.5, 0.6) is 0 Å². The first kappa shape index (κ1) is 41.8. The molecular formula is C38H47F3N2O5S3Si. The van der Waals surface area contributed by atoms with Gasteiger partial charge in [-0.15, -0.1) is 11.8 Å². The Morgan fingerprint density at radius 2 is 1.35 bits per heavy atom. The zero-order valence-corrected chi connectivity index (χ0v) is 33.3. The van der Waals surface area contributed by atoms with Crippen molar-refractivity contribution in [2.75, 3.05) is 32.0 Å². The van der Waals surface area contributed by atoms with Gasteiger partial charge in [0.25, 0.3) is 18.2 Å². The zero-order valence-electron chi connectivity index (χ0n) is 29.8. The van der Waals surface area contributed by atoms with Gasteiger partial charge in [0, 0.05) is 23.8 Å². The fourth-order valence-corrected chi connectivity index (χ4v) is 13.7. The normalized spacial score (nSPS) is 13.7. The number of sulfonamides is 1. The molecule has 1 atom stereocenters. The predicted molar refractivity (Wildman–Crippen MR) is 206 cm³/mol. The highest BCUT2D eigenvalue weighted by Gasteiger charge is 2.50. The summed E-state index contributed by atoms with van der Waals surface area (Å²) in [6.45, 7) is 11.0. The van der Waals surface area contributed by atoms with Crippen molar-refractivity contribution in [3.63, 3.8) is 0 Å². The SMILES string of the molecule is CCN(CCO[Si](c1ccccc1)(c1ccccc1)C(C)(C)C)CC[C@H](CSc1ccccc1)Cc1ccc(S(N)(=O)=O)cc1S(=O)(=O)C(F)(F)F. The van der Waals surface area contributed by atoms with E-state index in [4.69, 9.17) is 9.56 Å². The molecule has 0 aliphatic rings. The van der Waals surface area contributed by atoms with Crippen LogP contribution in [0.1, 0.15) is 39.7 Å². The van der Waals surface area contributed by atoms with Gasteiger partial charge in [-0.25, -0.2) is 22.0 Å². The number of hydrogen-bond donors (Lipinski definition) is 1. The molecule has 14 heteroatoms. The maximum Gasteiger partial charge on any atom is 0.501 e. The van der Waals surface area contributed by atoms with Gasteiger partial charge in [0.05, 0.1) is 9.79 Å². The van der Waals surface area contributed by atoms with Crippen LogP contribution in [-0.4, -0.2) is 67.6 Å². The van der Waals surface area contributed by atoms with Gasteiger partial charge in [-0.2, -0.15) is 13.2 Å². The molecule has 0 aromatic heterocycles. The lowest BCUT2D eigenvalue weighted by Crippen LogP contribution is -2.67. The summed E-state index contributed by atoms with van der Waals surface area (Å²) in [5.41, 5.74) is -5.74. The van der Waals surface area contributed by atoms with Crippen molar-refractivity contribution in [3.05, 3.63) is 115 Å². The van der Waals surface area contributed by atoms with Crippen LogP contribution in [0.3, 0.4) is 0 Å². The first-order chi connectivity index (χ1) is 24.4. The summed E-state index contributed by atoms with van der Waals surface area (Å²) < 4.78 is 98.1. The van der Waals surface area contributed by atoms with Gasteiger partial charge in [-0.05, 0) is 77.1 Å². The van der Waals surface area contributed by atoms with Crippen molar-refractivity contribution in [3.8, 4) is 0 Å². The van der Waals surface area contributed by atoms with Crippen LogP contribution in [0.4, 0.5) is 13.2 Å². The average Bonchev–Trinajstić information content (AvgIpc) is 3.10. The molecule has 0 aliphatic heterocycles. The Labute approximate surface area is 311 Å². The number of nitrogens with zero attached hydrogens (tertiary/aromatic N) is 1. The third-order valence-electron chi connectivity index (χ3n) is 9.14. The molecule has 0 fully saturated rings. The number of sulfone groups is 1. The third kappa shape index (κ3) is 10.2. The van der Waals surface area contributed by atoms with Crippen molar-refractivity contribution in [1.29, 1.82) is 0 Å². The molecule has 4 rings (SSSR count). The zero-order chi connectivity index (χ0) is 38.2. The molecule has 4 aromatic rings. The number of alkyl halides is 3. The van der Waals surface area contributed by atoms with E-state index in [0.29, 0.717) is 44.5 Å². The molecule has 0 unspecified atom stereocenters. The maximum atomic E-state index is 13.8. The highest BCUT2D eigenvalue weighted by Crippen LogP contribution is 2.37. The van der Waals surface area contributed by atoms with Crippen molar-refractivity contribution in [2.24, 2.45) is 11.1 Å². The fourth-order valence-electron chi connectivity index (χ4n) is 6.42. The second-order valence-corrected chi connectivity index (χ2v) is 22.6. The van der Waals surface area contributed by atoms with E-state index in [1.165, 1.54) is 22.1 Å². The first-order valence-corrected chi connectivity index (χ1v) is 22.9. The van der Waals surface area contributed by atoms with Crippen LogP contribution < -0.4 is 15.5 Å². The second kappa shape index (κ2) is 17.4. The summed E-state index contributed by atoms with van der Waals surface area (Å²) in [7, 11) is -13.1. The van der Waals surface area contributed by atoms with Crippen LogP contribution in [0, 0.1) is 5.92 Å². The number of rotatable bonds is 17. The first-order valence-electron chi connectivity index (χ1n) is 17.0. The molecule has 0 saturated carbocycles. The van der Waals surface area contributed by atoms with Gasteiger partial charge >= 0.3 is 5.51 Å². The molecule has 4 aromatic carbocycles. The van der Waals surface area contributed by atoms with E-state index in [1.54, 1.807) is 0 Å². The summed E-state index contributed by atoms with van der Waals surface area (Å²) >= 11 is 1.53. The number of likely N-dealkylation sites (N-methyl/N-ethyl adjacent to an activating group) is 1. The minimum Gasteiger partial charge on any atom is -0.406 e. The van der Waals surface area contributed by atoms with Gasteiger partial charge in [-0.3, -0.25) is 0 Å². The highest BCUT2D eigenvalue weighted by atomic mass is 32.2. The molecule has 7 nitrogen and oxygen atoms in total. The Morgan fingerprint density at radius 3 is 1.83 bits per heavy atom. The van der Waals surface area contributed by atoms with Crippen LogP contribution in [0.2, 0.25) is 5.04 Å². The van der Waals surface area contributed by atoms with Gasteiger partial charge < -0.3 is 9.33 Å². The number of primary sulfonamides is 1. The Hall–Kier alpha value is -2.98. The molecule has 0 bridgehead atoms. The summed E-state index contributed by atoms with van der Waals surface area (Å²) in [6.07, 6.45) is 0.515. The van der Waals surface area contributed by atoms with Gasteiger partial charge in [-0.1, -0.05) is 113 Å². The van der Waals surface area contributed by atoms with Crippen LogP contribution >= 0.6 is 11.8 Å². The topological polar surface area (TPSA) is 107 Å². The van der Waals surface area contributed by atoms with E-state index in [9.17, 15) is 30.0 Å². The van der Waals surface area contributed by atoms with Gasteiger partial charge in [0.15, 0.2) is 0 Å². The van der Waals surface area contributed by atoms with E-state index in [0.717, 1.165) is 17.0 Å². The second-order valence-electron chi connectivity index (χ2n) is 13.7. The van der Waals surface area contributed by atoms with E-state index < -0.39 is 43.5 Å². The molecule has 0 radical (unpaired) electrons. The Kier molecular flexibility index (Phi) is 14.0. The van der Waals surface area contributed by atoms with E-state index in [1.807, 2.05) is 73.7 Å². The largest absolute Gasteiger partial charge is 0.501 e. The summed E-state index contributed by atoms with van der Waals surface area (Å²) in [5, 5.41) is 7.33. The van der Waals surface area contributed by atoms with Crippen molar-refractivity contribution in [2.45, 2.75) is 65.8 Å². The minimum absolute atomic E-state index is 0.0223. The monoisotopic (exact) mass is 792 g/mol. The summed E-state index contributed by atoms with van der Waals surface area (Å²) in [4.78, 5) is 1.40. The van der Waals surface area contributed by atoms with E-state index in [-0.39, 0.29) is 22.9 Å². The van der Waals surface area contributed by atoms with Crippen LogP contribution in [0.15, 0.2) is 124 Å². The molecule has 2 N–H and O–H groups in total. The maximum absolute atomic E-state index is 13.8. The van der Waals surface area contributed by atoms with Crippen molar-refractivity contribution < 1.29 is 34.4 Å². The smallest absolute Gasteiger partial charge is 0.406 e. The van der Waals surface area contributed by atoms with Gasteiger partial charge in [0.1, 0.15) is 0 Å². The molecular weight excluding hydrogens is 746 g/mol. The molecule has 282 valence electrons. The Balaban J connectivity index is 1.59. The molecule has 0 saturated heterocycles. The summed E-state index contributed by atoms with van der Waals surface area (Å²) in [5.74, 6) is 0.224. The highest BCUT2D eigenvalue weighted by molar-refractivity contribution is 7.99. The lowest BCUT2D eigenvalue weighted by molar-refractivity contribution is -0.0436. The standard InChI is InChI=1S/C38H47F3N2O5S3Si/c1-5-43(25-26-48-52(37(2,3)4,34-17-11-7-12-18-34)35-19-13-8-14-20-35)24-23-30(29-49-32-15-9-6-10-16-32)27-31-21-22-33(51(42,46)47)28-36(31)50(44,45)38(39,40)41/h6-22,28,30H,5,23-27,29H2,1-4H3,(H2,42,46,47)/t30-/m0/s1. The minimum atomic E-state index is -5.87. The number of nitrogens with two attached hydrogens (primary N) is 1. The van der Waals surface area contributed by atoms with E-state index >= 15 is 0 Å². The quantitative estimate of drug-likeness (QED) is 0.0920. The molecule has 0 amide bonds. The number of benzene rings is 4. The molecule has 0 spiro atoms. The van der Waals surface area contributed by atoms with Gasteiger partial charge in [0.2, 0.25) is 10.0 Å². The van der Waals surface area contributed by atoms with E-state index in [2.05, 4.69) is 49.9 Å². The molecule has 0 aliphatic carbocycles. The van der Waals surface area contributed by atoms with Crippen LogP contribution in [0.25, 0.3) is 0 Å². The lowest BCUT2D eigenvalue weighted by atomic mass is 9.97. The Morgan fingerprint density at radius 1 is 0.808 bits per heavy atom. The Bertz CT molecular complexity index is 1920. The fraction of sp³-hybridized carbons (Fsp3) is 0.368. The number of halogens is 3. The predicted octanol–water partition coefficient (Wildman–Crippen LogP) is 6.87. The third-order valence-corrected chi connectivity index (χ3v) is 17.9. The lowest BCUT2D eigenvalue weighted by Gasteiger charge is -2.43. The van der Waals surface area contributed by atoms with Crippen molar-refractivity contribution in [1.82, 2.24) is 4.90 Å². The number of thioether (sulfide) groups is 1. The average molecular weight is 793 g/mol. The van der Waals surface area contributed by atoms with Crippen LogP contribution in [-0.2, 0) is 30.7 Å². The number of hydrogen-bond acceptors (Lipinski definition) is 7. The van der Waals surface area contributed by atoms with Crippen molar-refractivity contribution >= 4 is 50.3 Å². The molecule has 52 heavy (non-hydrogen) atoms. The molecule has 0 heterocycles.